The van der Waals surface area contributed by atoms with Crippen molar-refractivity contribution >= 4 is 5.96 Å². The molecule has 4 N–H and O–H groups in total. The molecule has 6 heteroatoms. The number of aliphatic imine (C=N–C) groups is 1. The Balaban J connectivity index is 2.76. The second kappa shape index (κ2) is 11.1. The average Bonchev–Trinajstić information content (AvgIpc) is 2.59. The molecule has 1 aromatic rings. The molecule has 0 radical (unpaired) electrons. The highest BCUT2D eigenvalue weighted by molar-refractivity contribution is 5.79. The molecular formula is C19H32FN3O2. The number of aliphatic hydroxyl groups is 2. The molecule has 0 atom stereocenters. The zero-order valence-corrected chi connectivity index (χ0v) is 15.6. The maximum Gasteiger partial charge on any atom is 0.191 e. The van der Waals surface area contributed by atoms with Gasteiger partial charge in [-0.1, -0.05) is 32.8 Å². The minimum absolute atomic E-state index is 0.269. The molecule has 0 unspecified atom stereocenters. The highest BCUT2D eigenvalue weighted by atomic mass is 19.1. The number of rotatable bonds is 10. The molecule has 0 aliphatic carbocycles. The van der Waals surface area contributed by atoms with Gasteiger partial charge in [0.1, 0.15) is 5.82 Å². The van der Waals surface area contributed by atoms with Gasteiger partial charge in [0.05, 0.1) is 18.8 Å². The van der Waals surface area contributed by atoms with E-state index < -0.39 is 11.4 Å². The van der Waals surface area contributed by atoms with Crippen LogP contribution in [0.2, 0.25) is 0 Å². The monoisotopic (exact) mass is 353 g/mol. The van der Waals surface area contributed by atoms with Gasteiger partial charge in [0.2, 0.25) is 0 Å². The first-order chi connectivity index (χ1) is 12.0. The summed E-state index contributed by atoms with van der Waals surface area (Å²) in [5.41, 5.74) is 0.352. The summed E-state index contributed by atoms with van der Waals surface area (Å²) in [6, 6.07) is 4.62. The van der Waals surface area contributed by atoms with Crippen LogP contribution in [0.1, 0.15) is 57.6 Å². The molecule has 142 valence electrons. The summed E-state index contributed by atoms with van der Waals surface area (Å²) < 4.78 is 13.4. The molecule has 0 aromatic heterocycles. The molecule has 0 fully saturated rings. The lowest BCUT2D eigenvalue weighted by Gasteiger charge is -2.28. The second-order valence-corrected chi connectivity index (χ2v) is 6.36. The smallest absolute Gasteiger partial charge is 0.191 e. The maximum absolute atomic E-state index is 13.4. The third-order valence-corrected chi connectivity index (χ3v) is 4.06. The van der Waals surface area contributed by atoms with Gasteiger partial charge in [-0.05, 0) is 37.5 Å². The third kappa shape index (κ3) is 7.40. The van der Waals surface area contributed by atoms with Crippen LogP contribution in [-0.2, 0) is 13.2 Å². The summed E-state index contributed by atoms with van der Waals surface area (Å²) in [6.07, 6.45) is 3.33. The first kappa shape index (κ1) is 21.4. The Morgan fingerprint density at radius 2 is 1.84 bits per heavy atom. The largest absolute Gasteiger partial charge is 0.392 e. The fourth-order valence-corrected chi connectivity index (χ4v) is 2.84. The van der Waals surface area contributed by atoms with E-state index in [2.05, 4.69) is 29.5 Å². The molecule has 1 aromatic carbocycles. The van der Waals surface area contributed by atoms with Crippen molar-refractivity contribution in [3.05, 3.63) is 35.1 Å². The van der Waals surface area contributed by atoms with Crippen LogP contribution >= 0.6 is 0 Å². The first-order valence-corrected chi connectivity index (χ1v) is 9.10. The molecule has 0 amide bonds. The molecule has 0 aliphatic rings. The van der Waals surface area contributed by atoms with E-state index in [0.717, 1.165) is 31.2 Å². The average molecular weight is 353 g/mol. The van der Waals surface area contributed by atoms with Crippen molar-refractivity contribution in [1.29, 1.82) is 0 Å². The zero-order chi connectivity index (χ0) is 18.7. The van der Waals surface area contributed by atoms with Gasteiger partial charge in [0.15, 0.2) is 5.96 Å². The third-order valence-electron chi connectivity index (χ3n) is 4.06. The Morgan fingerprint density at radius 3 is 2.40 bits per heavy atom. The van der Waals surface area contributed by atoms with Gasteiger partial charge >= 0.3 is 0 Å². The van der Waals surface area contributed by atoms with Gasteiger partial charge in [-0.2, -0.15) is 0 Å². The normalized spacial score (nSPS) is 12.3. The number of hydrogen-bond donors (Lipinski definition) is 4. The fraction of sp³-hybridized carbons (Fsp3) is 0.632. The number of benzene rings is 1. The maximum atomic E-state index is 13.4. The Morgan fingerprint density at radius 1 is 1.16 bits per heavy atom. The molecule has 0 bridgehead atoms. The van der Waals surface area contributed by atoms with Crippen LogP contribution in [0.3, 0.4) is 0 Å². The predicted octanol–water partition coefficient (Wildman–Crippen LogP) is 2.70. The molecule has 0 saturated carbocycles. The summed E-state index contributed by atoms with van der Waals surface area (Å²) in [5.74, 6) is 0.201. The van der Waals surface area contributed by atoms with Gasteiger partial charge in [-0.15, -0.1) is 0 Å². The van der Waals surface area contributed by atoms with Gasteiger partial charge in [-0.25, -0.2) is 9.38 Å². The van der Waals surface area contributed by atoms with Gasteiger partial charge in [0, 0.05) is 18.7 Å². The van der Waals surface area contributed by atoms with Crippen molar-refractivity contribution in [3.8, 4) is 0 Å². The van der Waals surface area contributed by atoms with Crippen molar-refractivity contribution in [2.24, 2.45) is 4.99 Å². The highest BCUT2D eigenvalue weighted by Gasteiger charge is 2.24. The van der Waals surface area contributed by atoms with E-state index in [4.69, 9.17) is 5.11 Å². The zero-order valence-electron chi connectivity index (χ0n) is 15.6. The quantitative estimate of drug-likeness (QED) is 0.385. The Kier molecular flexibility index (Phi) is 9.45. The van der Waals surface area contributed by atoms with Crippen LogP contribution in [0.4, 0.5) is 4.39 Å². The number of aliphatic hydroxyl groups excluding tert-OH is 1. The lowest BCUT2D eigenvalue weighted by atomic mass is 9.93. The number of halogens is 1. The van der Waals surface area contributed by atoms with Crippen LogP contribution in [0.5, 0.6) is 0 Å². The number of nitrogens with zero attached hydrogens (tertiary/aromatic N) is 1. The minimum Gasteiger partial charge on any atom is -0.392 e. The van der Waals surface area contributed by atoms with Crippen LogP contribution in [0.15, 0.2) is 23.2 Å². The number of guanidine groups is 1. The minimum atomic E-state index is -0.736. The SMILES string of the molecule is CCCC(O)(CCC)CNC(=NCc1ccc(F)c(CO)c1)NCC. The number of hydrogen-bond acceptors (Lipinski definition) is 3. The Hall–Kier alpha value is -1.66. The van der Waals surface area contributed by atoms with Crippen LogP contribution in [0.25, 0.3) is 0 Å². The molecule has 1 rings (SSSR count). The molecule has 0 saturated heterocycles. The van der Waals surface area contributed by atoms with E-state index in [0.29, 0.717) is 25.6 Å². The Bertz CT molecular complexity index is 543. The lowest BCUT2D eigenvalue weighted by molar-refractivity contribution is 0.0257. The topological polar surface area (TPSA) is 76.9 Å². The van der Waals surface area contributed by atoms with Crippen molar-refractivity contribution in [1.82, 2.24) is 10.6 Å². The molecule has 25 heavy (non-hydrogen) atoms. The summed E-state index contributed by atoms with van der Waals surface area (Å²) in [4.78, 5) is 4.49. The van der Waals surface area contributed by atoms with Crippen LogP contribution < -0.4 is 10.6 Å². The van der Waals surface area contributed by atoms with Crippen LogP contribution in [0, 0.1) is 5.82 Å². The summed E-state index contributed by atoms with van der Waals surface area (Å²) in [6.45, 7) is 7.28. The van der Waals surface area contributed by atoms with E-state index in [1.807, 2.05) is 6.92 Å². The van der Waals surface area contributed by atoms with Crippen molar-refractivity contribution in [3.63, 3.8) is 0 Å². The summed E-state index contributed by atoms with van der Waals surface area (Å²) >= 11 is 0. The van der Waals surface area contributed by atoms with Crippen LogP contribution in [-0.4, -0.2) is 34.9 Å². The first-order valence-electron chi connectivity index (χ1n) is 9.10. The van der Waals surface area contributed by atoms with E-state index in [-0.39, 0.29) is 12.2 Å². The van der Waals surface area contributed by atoms with E-state index in [1.54, 1.807) is 12.1 Å². The molecule has 0 spiro atoms. The number of nitrogens with one attached hydrogen (secondary N) is 2. The summed E-state index contributed by atoms with van der Waals surface area (Å²) in [5, 5.41) is 26.2. The van der Waals surface area contributed by atoms with Crippen molar-refractivity contribution in [2.75, 3.05) is 13.1 Å². The Labute approximate surface area is 150 Å². The highest BCUT2D eigenvalue weighted by Crippen LogP contribution is 2.18. The molecular weight excluding hydrogens is 321 g/mol. The second-order valence-electron chi connectivity index (χ2n) is 6.36. The van der Waals surface area contributed by atoms with Crippen molar-refractivity contribution < 1.29 is 14.6 Å². The molecule has 0 aliphatic heterocycles. The molecule has 5 nitrogen and oxygen atoms in total. The predicted molar refractivity (Wildman–Crippen MR) is 99.9 cm³/mol. The van der Waals surface area contributed by atoms with E-state index >= 15 is 0 Å². The van der Waals surface area contributed by atoms with E-state index in [9.17, 15) is 9.50 Å². The molecule has 0 heterocycles. The lowest BCUT2D eigenvalue weighted by Crippen LogP contribution is -2.47. The standard InChI is InChI=1S/C19H32FN3O2/c1-4-9-19(25,10-5-2)14-23-18(21-6-3)22-12-15-7-8-17(20)16(11-15)13-24/h7-8,11,24-25H,4-6,9-10,12-14H2,1-3H3,(H2,21,22,23). The van der Waals surface area contributed by atoms with Gasteiger partial charge in [0.25, 0.3) is 0 Å². The summed E-state index contributed by atoms with van der Waals surface area (Å²) in [7, 11) is 0. The van der Waals surface area contributed by atoms with Gasteiger partial charge < -0.3 is 20.8 Å². The van der Waals surface area contributed by atoms with Gasteiger partial charge in [-0.3, -0.25) is 0 Å². The van der Waals surface area contributed by atoms with E-state index in [1.165, 1.54) is 6.07 Å². The van der Waals surface area contributed by atoms with Crippen molar-refractivity contribution in [2.45, 2.75) is 65.2 Å². The fourth-order valence-electron chi connectivity index (χ4n) is 2.84.